The molecule has 3 aromatic rings. The maximum atomic E-state index is 14.0. The van der Waals surface area contributed by atoms with Crippen LogP contribution in [-0.4, -0.2) is 44.3 Å². The van der Waals surface area contributed by atoms with Crippen molar-refractivity contribution in [1.82, 2.24) is 10.2 Å². The van der Waals surface area contributed by atoms with E-state index >= 15 is 0 Å². The van der Waals surface area contributed by atoms with Crippen molar-refractivity contribution in [3.63, 3.8) is 0 Å². The van der Waals surface area contributed by atoms with Crippen LogP contribution in [0.15, 0.2) is 94.3 Å². The van der Waals surface area contributed by atoms with E-state index in [1.54, 1.807) is 42.5 Å². The molecule has 1 atom stereocenters. The molecule has 7 nitrogen and oxygen atoms in total. The molecule has 9 heteroatoms. The van der Waals surface area contributed by atoms with Gasteiger partial charge in [0, 0.05) is 17.6 Å². The number of sulfonamides is 1. The molecule has 0 spiro atoms. The number of nitrogens with zero attached hydrogens (tertiary/aromatic N) is 2. The molecule has 202 valence electrons. The van der Waals surface area contributed by atoms with E-state index in [9.17, 15) is 18.0 Å². The highest BCUT2D eigenvalue weighted by Crippen LogP contribution is 2.27. The number of hydrogen-bond donors (Lipinski definition) is 1. The Balaban J connectivity index is 2.01. The fraction of sp³-hybridized carbons (Fsp3) is 0.310. The van der Waals surface area contributed by atoms with Gasteiger partial charge >= 0.3 is 0 Å². The highest BCUT2D eigenvalue weighted by atomic mass is 79.9. The third kappa shape index (κ3) is 7.68. The zero-order valence-electron chi connectivity index (χ0n) is 21.7. The van der Waals surface area contributed by atoms with Crippen molar-refractivity contribution >= 4 is 43.5 Å². The van der Waals surface area contributed by atoms with Crippen LogP contribution in [0.25, 0.3) is 0 Å². The van der Waals surface area contributed by atoms with E-state index < -0.39 is 28.5 Å². The normalized spacial score (nSPS) is 12.0. The van der Waals surface area contributed by atoms with E-state index in [1.807, 2.05) is 44.2 Å². The van der Waals surface area contributed by atoms with E-state index in [1.165, 1.54) is 17.0 Å². The summed E-state index contributed by atoms with van der Waals surface area (Å²) in [6.45, 7) is 4.13. The summed E-state index contributed by atoms with van der Waals surface area (Å²) in [7, 11) is -4.08. The van der Waals surface area contributed by atoms with Crippen LogP contribution in [0, 0.1) is 0 Å². The lowest BCUT2D eigenvalue weighted by atomic mass is 10.1. The zero-order chi connectivity index (χ0) is 27.5. The minimum absolute atomic E-state index is 0.0757. The number of halogens is 1. The highest BCUT2D eigenvalue weighted by Gasteiger charge is 2.33. The molecule has 0 saturated carbocycles. The maximum Gasteiger partial charge on any atom is 0.264 e. The number of amides is 2. The SMILES string of the molecule is CCCCNC(=O)[C@@H](CC)N(Cc1ccccc1)C(=O)CN(c1cccc(Br)c1)S(=O)(=O)c1ccccc1. The fourth-order valence-electron chi connectivity index (χ4n) is 4.09. The largest absolute Gasteiger partial charge is 0.354 e. The van der Waals surface area contributed by atoms with Crippen LogP contribution in [0.1, 0.15) is 38.7 Å². The lowest BCUT2D eigenvalue weighted by Crippen LogP contribution is -2.52. The monoisotopic (exact) mass is 599 g/mol. The molecule has 0 radical (unpaired) electrons. The Labute approximate surface area is 234 Å². The first-order valence-corrected chi connectivity index (χ1v) is 15.0. The predicted octanol–water partition coefficient (Wildman–Crippen LogP) is 5.37. The van der Waals surface area contributed by atoms with Crippen LogP contribution in [0.3, 0.4) is 0 Å². The van der Waals surface area contributed by atoms with Crippen molar-refractivity contribution in [3.8, 4) is 0 Å². The third-order valence-corrected chi connectivity index (χ3v) is 8.40. The molecule has 0 heterocycles. The summed E-state index contributed by atoms with van der Waals surface area (Å²) in [4.78, 5) is 28.7. The Morgan fingerprint density at radius 1 is 0.921 bits per heavy atom. The molecule has 3 aromatic carbocycles. The topological polar surface area (TPSA) is 86.8 Å². The summed E-state index contributed by atoms with van der Waals surface area (Å²) in [5.74, 6) is -0.712. The van der Waals surface area contributed by atoms with Gasteiger partial charge in [0.2, 0.25) is 11.8 Å². The van der Waals surface area contributed by atoms with Gasteiger partial charge in [0.1, 0.15) is 12.6 Å². The van der Waals surface area contributed by atoms with Gasteiger partial charge in [-0.2, -0.15) is 0 Å². The number of benzene rings is 3. The second-order valence-corrected chi connectivity index (χ2v) is 11.7. The number of nitrogens with one attached hydrogen (secondary N) is 1. The van der Waals surface area contributed by atoms with Crippen LogP contribution in [0.2, 0.25) is 0 Å². The van der Waals surface area contributed by atoms with E-state index in [0.29, 0.717) is 23.1 Å². The van der Waals surface area contributed by atoms with Gasteiger partial charge in [-0.3, -0.25) is 13.9 Å². The van der Waals surface area contributed by atoms with Crippen molar-refractivity contribution in [3.05, 3.63) is 95.0 Å². The smallest absolute Gasteiger partial charge is 0.264 e. The lowest BCUT2D eigenvalue weighted by molar-refractivity contribution is -0.140. The molecule has 0 aliphatic carbocycles. The van der Waals surface area contributed by atoms with Crippen molar-refractivity contribution in [1.29, 1.82) is 0 Å². The highest BCUT2D eigenvalue weighted by molar-refractivity contribution is 9.10. The van der Waals surface area contributed by atoms with Gasteiger partial charge in [-0.05, 0) is 48.7 Å². The summed E-state index contributed by atoms with van der Waals surface area (Å²) in [6.07, 6.45) is 2.16. The van der Waals surface area contributed by atoms with E-state index in [4.69, 9.17) is 0 Å². The molecule has 0 bridgehead atoms. The van der Waals surface area contributed by atoms with Crippen molar-refractivity contribution in [2.75, 3.05) is 17.4 Å². The molecule has 0 saturated heterocycles. The molecule has 3 rings (SSSR count). The van der Waals surface area contributed by atoms with Crippen molar-refractivity contribution in [2.45, 2.75) is 50.6 Å². The maximum absolute atomic E-state index is 14.0. The summed E-state index contributed by atoms with van der Waals surface area (Å²) in [5.41, 5.74) is 1.19. The first-order chi connectivity index (χ1) is 18.3. The van der Waals surface area contributed by atoms with Gasteiger partial charge in [-0.25, -0.2) is 8.42 Å². The predicted molar refractivity (Wildman–Crippen MR) is 154 cm³/mol. The molecule has 0 aromatic heterocycles. The van der Waals surface area contributed by atoms with Crippen molar-refractivity contribution in [2.24, 2.45) is 0 Å². The number of carbonyl (C=O) groups is 2. The fourth-order valence-corrected chi connectivity index (χ4v) is 5.90. The standard InChI is InChI=1S/C29H34BrN3O4S/c1-3-5-19-31-29(35)27(4-2)32(21-23-13-8-6-9-14-23)28(34)22-33(25-16-12-15-24(30)20-25)38(36,37)26-17-10-7-11-18-26/h6-18,20,27H,3-5,19,21-22H2,1-2H3,(H,31,35)/t27-/m1/s1. The van der Waals surface area contributed by atoms with Crippen molar-refractivity contribution < 1.29 is 18.0 Å². The zero-order valence-corrected chi connectivity index (χ0v) is 24.1. The van der Waals surface area contributed by atoms with Crippen LogP contribution in [0.4, 0.5) is 5.69 Å². The molecule has 38 heavy (non-hydrogen) atoms. The first kappa shape index (κ1) is 29.4. The van der Waals surface area contributed by atoms with Gasteiger partial charge in [0.25, 0.3) is 10.0 Å². The minimum atomic E-state index is -4.08. The number of carbonyl (C=O) groups excluding carboxylic acids is 2. The van der Waals surface area contributed by atoms with E-state index in [0.717, 1.165) is 22.7 Å². The average Bonchev–Trinajstić information content (AvgIpc) is 2.92. The Morgan fingerprint density at radius 2 is 1.58 bits per heavy atom. The number of unbranched alkanes of at least 4 members (excludes halogenated alkanes) is 1. The minimum Gasteiger partial charge on any atom is -0.354 e. The summed E-state index contributed by atoms with van der Waals surface area (Å²) in [6, 6.07) is 23.5. The van der Waals surface area contributed by atoms with Gasteiger partial charge in [0.15, 0.2) is 0 Å². The van der Waals surface area contributed by atoms with Crippen LogP contribution in [-0.2, 0) is 26.2 Å². The molecule has 2 amide bonds. The van der Waals surface area contributed by atoms with Crippen LogP contribution < -0.4 is 9.62 Å². The quantitative estimate of drug-likeness (QED) is 0.268. The number of rotatable bonds is 13. The summed E-state index contributed by atoms with van der Waals surface area (Å²) in [5, 5.41) is 2.93. The molecular weight excluding hydrogens is 566 g/mol. The molecule has 0 fully saturated rings. The second-order valence-electron chi connectivity index (χ2n) is 8.88. The Hall–Kier alpha value is -3.17. The average molecular weight is 601 g/mol. The Bertz CT molecular complexity index is 1300. The van der Waals surface area contributed by atoms with Crippen LogP contribution >= 0.6 is 15.9 Å². The summed E-state index contributed by atoms with van der Waals surface area (Å²) >= 11 is 3.41. The molecule has 0 unspecified atom stereocenters. The lowest BCUT2D eigenvalue weighted by Gasteiger charge is -2.33. The van der Waals surface area contributed by atoms with Gasteiger partial charge < -0.3 is 10.2 Å². The molecule has 0 aliphatic heterocycles. The Morgan fingerprint density at radius 3 is 2.18 bits per heavy atom. The number of anilines is 1. The van der Waals surface area contributed by atoms with Gasteiger partial charge in [-0.1, -0.05) is 90.8 Å². The number of hydrogen-bond acceptors (Lipinski definition) is 4. The third-order valence-electron chi connectivity index (χ3n) is 6.12. The second kappa shape index (κ2) is 14.1. The molecular formula is C29H34BrN3O4S. The van der Waals surface area contributed by atoms with E-state index in [-0.39, 0.29) is 17.3 Å². The summed E-state index contributed by atoms with van der Waals surface area (Å²) < 4.78 is 29.3. The molecule has 1 N–H and O–H groups in total. The first-order valence-electron chi connectivity index (χ1n) is 12.7. The Kier molecular flexibility index (Phi) is 10.9. The van der Waals surface area contributed by atoms with Crippen LogP contribution in [0.5, 0.6) is 0 Å². The van der Waals surface area contributed by atoms with Gasteiger partial charge in [0.05, 0.1) is 10.6 Å². The van der Waals surface area contributed by atoms with Gasteiger partial charge in [-0.15, -0.1) is 0 Å². The molecule has 0 aliphatic rings. The van der Waals surface area contributed by atoms with E-state index in [2.05, 4.69) is 21.2 Å².